The number of rotatable bonds is 6. The Kier molecular flexibility index (Phi) is 4.82. The normalized spacial score (nSPS) is 11.9. The molecule has 0 heterocycles. The second kappa shape index (κ2) is 6.15. The highest BCUT2D eigenvalue weighted by Gasteiger charge is 2.14. The zero-order valence-electron chi connectivity index (χ0n) is 9.69. The average Bonchev–Trinajstić information content (AvgIpc) is 2.35. The lowest BCUT2D eigenvalue weighted by atomic mass is 10.0. The molecule has 1 unspecified atom stereocenters. The Morgan fingerprint density at radius 1 is 1.44 bits per heavy atom. The van der Waals surface area contributed by atoms with Gasteiger partial charge in [-0.3, -0.25) is 11.3 Å². The molecule has 0 radical (unpaired) electrons. The highest BCUT2D eigenvalue weighted by Crippen LogP contribution is 2.30. The van der Waals surface area contributed by atoms with Crippen LogP contribution in [0.15, 0.2) is 30.9 Å². The fourth-order valence-electron chi connectivity index (χ4n) is 1.56. The highest BCUT2D eigenvalue weighted by atomic mass is 16.5. The molecule has 16 heavy (non-hydrogen) atoms. The molecule has 0 aliphatic heterocycles. The second-order valence-electron chi connectivity index (χ2n) is 3.35. The van der Waals surface area contributed by atoms with Crippen molar-refractivity contribution in [1.29, 1.82) is 0 Å². The van der Waals surface area contributed by atoms with E-state index in [4.69, 9.17) is 15.3 Å². The number of hydrazine groups is 1. The number of methoxy groups -OCH3 is 2. The van der Waals surface area contributed by atoms with Crippen LogP contribution in [0.3, 0.4) is 0 Å². The molecule has 0 amide bonds. The van der Waals surface area contributed by atoms with Gasteiger partial charge in [0.1, 0.15) is 11.5 Å². The molecule has 0 saturated carbocycles. The Bertz CT molecular complexity index is 353. The van der Waals surface area contributed by atoms with E-state index in [0.717, 1.165) is 23.5 Å². The van der Waals surface area contributed by atoms with Gasteiger partial charge in [-0.2, -0.15) is 0 Å². The Morgan fingerprint density at radius 3 is 2.69 bits per heavy atom. The Morgan fingerprint density at radius 2 is 2.19 bits per heavy atom. The molecule has 0 bridgehead atoms. The molecule has 3 N–H and O–H groups in total. The lowest BCUT2D eigenvalue weighted by molar-refractivity contribution is 0.390. The number of nitrogens with two attached hydrogens (primary N) is 1. The number of benzene rings is 1. The van der Waals surface area contributed by atoms with Crippen LogP contribution >= 0.6 is 0 Å². The van der Waals surface area contributed by atoms with Crippen LogP contribution in [0.4, 0.5) is 0 Å². The number of hydrogen-bond acceptors (Lipinski definition) is 4. The molecular formula is C12H18N2O2. The van der Waals surface area contributed by atoms with Crippen LogP contribution in [0.25, 0.3) is 0 Å². The lowest BCUT2D eigenvalue weighted by Gasteiger charge is -2.18. The van der Waals surface area contributed by atoms with Crippen molar-refractivity contribution in [2.24, 2.45) is 5.84 Å². The van der Waals surface area contributed by atoms with Crippen molar-refractivity contribution in [3.63, 3.8) is 0 Å². The number of ether oxygens (including phenoxy) is 2. The van der Waals surface area contributed by atoms with Crippen LogP contribution in [-0.2, 0) is 0 Å². The summed E-state index contributed by atoms with van der Waals surface area (Å²) in [6.07, 6.45) is 2.53. The van der Waals surface area contributed by atoms with Gasteiger partial charge in [-0.1, -0.05) is 6.08 Å². The zero-order chi connectivity index (χ0) is 12.0. The Hall–Kier alpha value is -1.52. The standard InChI is InChI=1S/C12H18N2O2/c1-4-5-11(14-13)10-8-9(15-2)6-7-12(10)16-3/h4,6-8,11,14H,1,5,13H2,2-3H3. The van der Waals surface area contributed by atoms with Gasteiger partial charge in [0.15, 0.2) is 0 Å². The van der Waals surface area contributed by atoms with Crippen molar-refractivity contribution < 1.29 is 9.47 Å². The maximum absolute atomic E-state index is 5.51. The van der Waals surface area contributed by atoms with Gasteiger partial charge >= 0.3 is 0 Å². The predicted molar refractivity (Wildman–Crippen MR) is 64.4 cm³/mol. The average molecular weight is 222 g/mol. The van der Waals surface area contributed by atoms with E-state index in [1.54, 1.807) is 14.2 Å². The second-order valence-corrected chi connectivity index (χ2v) is 3.35. The fraction of sp³-hybridized carbons (Fsp3) is 0.333. The topological polar surface area (TPSA) is 56.5 Å². The molecule has 1 atom stereocenters. The summed E-state index contributed by atoms with van der Waals surface area (Å²) in [6, 6.07) is 5.60. The molecule has 88 valence electrons. The lowest BCUT2D eigenvalue weighted by Crippen LogP contribution is -2.27. The summed E-state index contributed by atoms with van der Waals surface area (Å²) >= 11 is 0. The van der Waals surface area contributed by atoms with Crippen molar-refractivity contribution >= 4 is 0 Å². The van der Waals surface area contributed by atoms with Gasteiger partial charge in [0.2, 0.25) is 0 Å². The first-order chi connectivity index (χ1) is 7.76. The largest absolute Gasteiger partial charge is 0.497 e. The van der Waals surface area contributed by atoms with Crippen LogP contribution in [0.1, 0.15) is 18.0 Å². The number of nitrogens with one attached hydrogen (secondary N) is 1. The quantitative estimate of drug-likeness (QED) is 0.437. The van der Waals surface area contributed by atoms with Crippen molar-refractivity contribution in [2.45, 2.75) is 12.5 Å². The van der Waals surface area contributed by atoms with Crippen molar-refractivity contribution in [1.82, 2.24) is 5.43 Å². The zero-order valence-corrected chi connectivity index (χ0v) is 9.69. The molecule has 0 aromatic heterocycles. The van der Waals surface area contributed by atoms with Crippen LogP contribution in [0.2, 0.25) is 0 Å². The molecular weight excluding hydrogens is 204 g/mol. The van der Waals surface area contributed by atoms with Crippen LogP contribution in [0, 0.1) is 0 Å². The van der Waals surface area contributed by atoms with Gasteiger partial charge in [0.25, 0.3) is 0 Å². The molecule has 0 fully saturated rings. The first-order valence-electron chi connectivity index (χ1n) is 5.05. The van der Waals surface area contributed by atoms with Gasteiger partial charge in [-0.05, 0) is 24.6 Å². The van der Waals surface area contributed by atoms with E-state index in [9.17, 15) is 0 Å². The molecule has 0 aliphatic carbocycles. The van der Waals surface area contributed by atoms with E-state index in [1.165, 1.54) is 0 Å². The van der Waals surface area contributed by atoms with E-state index in [-0.39, 0.29) is 6.04 Å². The van der Waals surface area contributed by atoms with E-state index < -0.39 is 0 Å². The van der Waals surface area contributed by atoms with Crippen molar-refractivity contribution in [3.8, 4) is 11.5 Å². The maximum atomic E-state index is 5.51. The predicted octanol–water partition coefficient (Wildman–Crippen LogP) is 1.78. The maximum Gasteiger partial charge on any atom is 0.123 e. The molecule has 0 saturated heterocycles. The summed E-state index contributed by atoms with van der Waals surface area (Å²) in [7, 11) is 3.26. The number of hydrogen-bond donors (Lipinski definition) is 2. The first kappa shape index (κ1) is 12.5. The summed E-state index contributed by atoms with van der Waals surface area (Å²) < 4.78 is 10.5. The van der Waals surface area contributed by atoms with Crippen molar-refractivity contribution in [3.05, 3.63) is 36.4 Å². The van der Waals surface area contributed by atoms with E-state index >= 15 is 0 Å². The molecule has 1 rings (SSSR count). The Labute approximate surface area is 96.0 Å². The Balaban J connectivity index is 3.09. The third kappa shape index (κ3) is 2.74. The van der Waals surface area contributed by atoms with E-state index in [1.807, 2.05) is 24.3 Å². The van der Waals surface area contributed by atoms with E-state index in [2.05, 4.69) is 12.0 Å². The third-order valence-electron chi connectivity index (χ3n) is 2.42. The van der Waals surface area contributed by atoms with Gasteiger partial charge in [-0.15, -0.1) is 6.58 Å². The van der Waals surface area contributed by atoms with Gasteiger partial charge in [0.05, 0.1) is 20.3 Å². The summed E-state index contributed by atoms with van der Waals surface area (Å²) in [6.45, 7) is 3.70. The molecule has 0 aliphatic rings. The van der Waals surface area contributed by atoms with Gasteiger partial charge in [0, 0.05) is 5.56 Å². The monoisotopic (exact) mass is 222 g/mol. The molecule has 4 nitrogen and oxygen atoms in total. The van der Waals surface area contributed by atoms with Crippen molar-refractivity contribution in [2.75, 3.05) is 14.2 Å². The summed E-state index contributed by atoms with van der Waals surface area (Å²) in [4.78, 5) is 0. The molecule has 1 aromatic rings. The molecule has 4 heteroatoms. The SMILES string of the molecule is C=CCC(NN)c1cc(OC)ccc1OC. The third-order valence-corrected chi connectivity index (χ3v) is 2.42. The smallest absolute Gasteiger partial charge is 0.123 e. The molecule has 1 aromatic carbocycles. The van der Waals surface area contributed by atoms with E-state index in [0.29, 0.717) is 0 Å². The highest BCUT2D eigenvalue weighted by molar-refractivity contribution is 5.42. The van der Waals surface area contributed by atoms with Crippen LogP contribution < -0.4 is 20.7 Å². The van der Waals surface area contributed by atoms with Crippen LogP contribution in [-0.4, -0.2) is 14.2 Å². The summed E-state index contributed by atoms with van der Waals surface area (Å²) in [5.41, 5.74) is 3.70. The minimum atomic E-state index is -0.0254. The first-order valence-corrected chi connectivity index (χ1v) is 5.05. The van der Waals surface area contributed by atoms with Crippen LogP contribution in [0.5, 0.6) is 11.5 Å². The summed E-state index contributed by atoms with van der Waals surface area (Å²) in [5.74, 6) is 7.07. The van der Waals surface area contributed by atoms with Gasteiger partial charge in [-0.25, -0.2) is 0 Å². The fourth-order valence-corrected chi connectivity index (χ4v) is 1.56. The minimum Gasteiger partial charge on any atom is -0.497 e. The van der Waals surface area contributed by atoms with Gasteiger partial charge < -0.3 is 9.47 Å². The summed E-state index contributed by atoms with van der Waals surface area (Å²) in [5, 5.41) is 0. The molecule has 0 spiro atoms. The minimum absolute atomic E-state index is 0.0254.